The Labute approximate surface area is 98.3 Å². The van der Waals surface area contributed by atoms with Gasteiger partial charge in [-0.15, -0.1) is 11.6 Å². The number of carbonyl (C=O) groups excluding carboxylic acids is 1. The second-order valence-electron chi connectivity index (χ2n) is 3.70. The van der Waals surface area contributed by atoms with Crippen molar-refractivity contribution in [1.29, 1.82) is 0 Å². The van der Waals surface area contributed by atoms with Crippen molar-refractivity contribution in [1.82, 2.24) is 10.1 Å². The highest BCUT2D eigenvalue weighted by molar-refractivity contribution is 6.18. The van der Waals surface area contributed by atoms with E-state index in [9.17, 15) is 4.79 Å². The molecule has 0 radical (unpaired) electrons. The third kappa shape index (κ3) is 2.20. The molecule has 1 fully saturated rings. The number of aryl methyl sites for hydroxylation is 1. The molecule has 0 saturated carbocycles. The Morgan fingerprint density at radius 2 is 2.56 bits per heavy atom. The van der Waals surface area contributed by atoms with Crippen LogP contribution < -0.4 is 0 Å². The molecule has 0 aliphatic carbocycles. The van der Waals surface area contributed by atoms with Crippen LogP contribution in [0.4, 0.5) is 0 Å². The van der Waals surface area contributed by atoms with Crippen LogP contribution >= 0.6 is 11.6 Å². The van der Waals surface area contributed by atoms with E-state index in [0.717, 1.165) is 0 Å². The zero-order valence-electron chi connectivity index (χ0n) is 8.98. The molecule has 1 aromatic rings. The van der Waals surface area contributed by atoms with E-state index in [1.807, 2.05) is 0 Å². The van der Waals surface area contributed by atoms with Gasteiger partial charge in [0.1, 0.15) is 5.76 Å². The molecule has 1 aliphatic heterocycles. The van der Waals surface area contributed by atoms with E-state index >= 15 is 0 Å². The molecule has 2 heterocycles. The molecule has 16 heavy (non-hydrogen) atoms. The number of aromatic nitrogens is 1. The van der Waals surface area contributed by atoms with Gasteiger partial charge in [0, 0.05) is 18.5 Å². The molecule has 0 bridgehead atoms. The number of ether oxygens (including phenoxy) is 1. The van der Waals surface area contributed by atoms with E-state index < -0.39 is 0 Å². The van der Waals surface area contributed by atoms with Gasteiger partial charge in [-0.3, -0.25) is 4.79 Å². The molecule has 1 amide bonds. The highest BCUT2D eigenvalue weighted by Crippen LogP contribution is 2.13. The topological polar surface area (TPSA) is 55.6 Å². The first-order valence-corrected chi connectivity index (χ1v) is 5.64. The van der Waals surface area contributed by atoms with Crippen molar-refractivity contribution >= 4 is 17.5 Å². The maximum Gasteiger partial charge on any atom is 0.276 e. The van der Waals surface area contributed by atoms with Gasteiger partial charge in [-0.2, -0.15) is 0 Å². The summed E-state index contributed by atoms with van der Waals surface area (Å²) in [6, 6.07) is 1.54. The maximum atomic E-state index is 12.1. The number of halogens is 1. The second kappa shape index (κ2) is 4.84. The second-order valence-corrected chi connectivity index (χ2v) is 4.01. The molecule has 5 nitrogen and oxygen atoms in total. The Morgan fingerprint density at radius 3 is 3.19 bits per heavy atom. The minimum atomic E-state index is -0.147. The normalized spacial score (nSPS) is 21.1. The van der Waals surface area contributed by atoms with Crippen molar-refractivity contribution in [2.24, 2.45) is 0 Å². The van der Waals surface area contributed by atoms with E-state index in [4.69, 9.17) is 20.9 Å². The summed E-state index contributed by atoms with van der Waals surface area (Å²) in [4.78, 5) is 13.8. The Morgan fingerprint density at radius 1 is 1.75 bits per heavy atom. The molecule has 1 aromatic heterocycles. The number of carbonyl (C=O) groups is 1. The summed E-state index contributed by atoms with van der Waals surface area (Å²) >= 11 is 5.79. The zero-order valence-corrected chi connectivity index (χ0v) is 9.74. The third-order valence-electron chi connectivity index (χ3n) is 2.51. The predicted molar refractivity (Wildman–Crippen MR) is 57.6 cm³/mol. The lowest BCUT2D eigenvalue weighted by Gasteiger charge is -2.33. The highest BCUT2D eigenvalue weighted by Gasteiger charge is 2.28. The first-order chi connectivity index (χ1) is 7.72. The van der Waals surface area contributed by atoms with Gasteiger partial charge in [-0.25, -0.2) is 0 Å². The molecule has 0 spiro atoms. The third-order valence-corrected chi connectivity index (χ3v) is 2.87. The van der Waals surface area contributed by atoms with Crippen LogP contribution in [0.2, 0.25) is 0 Å². The van der Waals surface area contributed by atoms with Crippen LogP contribution in [0.1, 0.15) is 16.2 Å². The fourth-order valence-corrected chi connectivity index (χ4v) is 1.92. The summed E-state index contributed by atoms with van der Waals surface area (Å²) in [5.74, 6) is 0.840. The molecular weight excluding hydrogens is 232 g/mol. The van der Waals surface area contributed by atoms with Crippen molar-refractivity contribution in [2.75, 3.05) is 25.6 Å². The van der Waals surface area contributed by atoms with Crippen LogP contribution in [0.25, 0.3) is 0 Å². The standard InChI is InChI=1S/C10H13ClN2O3/c1-7-4-9(12-16-7)10(14)13-2-3-15-6-8(13)5-11/h4,8H,2-3,5-6H2,1H3. The summed E-state index contributed by atoms with van der Waals surface area (Å²) in [5, 5.41) is 3.71. The summed E-state index contributed by atoms with van der Waals surface area (Å²) in [5.41, 5.74) is 0.328. The van der Waals surface area contributed by atoms with Gasteiger partial charge in [0.15, 0.2) is 5.69 Å². The molecule has 1 atom stereocenters. The lowest BCUT2D eigenvalue weighted by atomic mass is 10.2. The number of hydrogen-bond acceptors (Lipinski definition) is 4. The van der Waals surface area contributed by atoms with Crippen LogP contribution in [-0.2, 0) is 4.74 Å². The molecule has 0 aromatic carbocycles. The average Bonchev–Trinajstić information content (AvgIpc) is 2.75. The lowest BCUT2D eigenvalue weighted by molar-refractivity contribution is 0.00403. The van der Waals surface area contributed by atoms with Crippen molar-refractivity contribution < 1.29 is 14.1 Å². The molecular formula is C10H13ClN2O3. The van der Waals surface area contributed by atoms with E-state index in [1.54, 1.807) is 17.9 Å². The summed E-state index contributed by atoms with van der Waals surface area (Å²) in [6.45, 7) is 3.31. The van der Waals surface area contributed by atoms with Gasteiger partial charge in [0.25, 0.3) is 5.91 Å². The number of morpholine rings is 1. The Bertz CT molecular complexity index is 380. The van der Waals surface area contributed by atoms with Crippen LogP contribution in [0.15, 0.2) is 10.6 Å². The summed E-state index contributed by atoms with van der Waals surface area (Å²) in [6.07, 6.45) is 0. The summed E-state index contributed by atoms with van der Waals surface area (Å²) in [7, 11) is 0. The van der Waals surface area contributed by atoms with Gasteiger partial charge in [0.05, 0.1) is 19.3 Å². The van der Waals surface area contributed by atoms with Gasteiger partial charge in [0.2, 0.25) is 0 Å². The first-order valence-electron chi connectivity index (χ1n) is 5.10. The van der Waals surface area contributed by atoms with E-state index in [1.165, 1.54) is 0 Å². The molecule has 1 saturated heterocycles. The largest absolute Gasteiger partial charge is 0.377 e. The number of rotatable bonds is 2. The molecule has 6 heteroatoms. The molecule has 1 aliphatic rings. The average molecular weight is 245 g/mol. The van der Waals surface area contributed by atoms with Crippen molar-refractivity contribution in [3.8, 4) is 0 Å². The van der Waals surface area contributed by atoms with Crippen molar-refractivity contribution in [2.45, 2.75) is 13.0 Å². The number of amides is 1. The lowest BCUT2D eigenvalue weighted by Crippen LogP contribution is -2.49. The van der Waals surface area contributed by atoms with Gasteiger partial charge < -0.3 is 14.2 Å². The van der Waals surface area contributed by atoms with Crippen LogP contribution in [0.3, 0.4) is 0 Å². The maximum absolute atomic E-state index is 12.1. The molecule has 2 rings (SSSR count). The predicted octanol–water partition coefficient (Wildman–Crippen LogP) is 1.06. The van der Waals surface area contributed by atoms with Gasteiger partial charge in [-0.05, 0) is 6.92 Å². The van der Waals surface area contributed by atoms with Crippen LogP contribution in [-0.4, -0.2) is 47.6 Å². The fraction of sp³-hybridized carbons (Fsp3) is 0.600. The first kappa shape index (κ1) is 11.4. The van der Waals surface area contributed by atoms with E-state index in [0.29, 0.717) is 37.1 Å². The SMILES string of the molecule is Cc1cc(C(=O)N2CCOCC2CCl)no1. The molecule has 0 N–H and O–H groups in total. The number of hydrogen-bond donors (Lipinski definition) is 0. The quantitative estimate of drug-likeness (QED) is 0.730. The molecule has 88 valence electrons. The molecule has 1 unspecified atom stereocenters. The Hall–Kier alpha value is -1.07. The van der Waals surface area contributed by atoms with Gasteiger partial charge in [-0.1, -0.05) is 5.16 Å². The van der Waals surface area contributed by atoms with E-state index in [-0.39, 0.29) is 11.9 Å². The smallest absolute Gasteiger partial charge is 0.276 e. The van der Waals surface area contributed by atoms with Crippen molar-refractivity contribution in [3.05, 3.63) is 17.5 Å². The Kier molecular flexibility index (Phi) is 3.46. The zero-order chi connectivity index (χ0) is 11.5. The van der Waals surface area contributed by atoms with Crippen LogP contribution in [0, 0.1) is 6.92 Å². The Balaban J connectivity index is 2.13. The number of alkyl halides is 1. The fourth-order valence-electron chi connectivity index (χ4n) is 1.66. The minimum absolute atomic E-state index is 0.0834. The highest BCUT2D eigenvalue weighted by atomic mass is 35.5. The minimum Gasteiger partial charge on any atom is -0.377 e. The van der Waals surface area contributed by atoms with Crippen LogP contribution in [0.5, 0.6) is 0 Å². The number of nitrogens with zero attached hydrogens (tertiary/aromatic N) is 2. The summed E-state index contributed by atoms with van der Waals surface area (Å²) < 4.78 is 10.2. The van der Waals surface area contributed by atoms with Gasteiger partial charge >= 0.3 is 0 Å². The monoisotopic (exact) mass is 244 g/mol. The van der Waals surface area contributed by atoms with E-state index in [2.05, 4.69) is 5.16 Å². The van der Waals surface area contributed by atoms with Crippen molar-refractivity contribution in [3.63, 3.8) is 0 Å².